The molecule has 53 heavy (non-hydrogen) atoms. The molecule has 0 spiro atoms. The maximum atomic E-state index is 5.41. The second kappa shape index (κ2) is 13.6. The molecule has 0 unspecified atom stereocenters. The molecule has 0 saturated heterocycles. The minimum Gasteiger partial charge on any atom is -0.264 e. The van der Waals surface area contributed by atoms with E-state index in [0.29, 0.717) is 0 Å². The molecule has 0 radical (unpaired) electrons. The summed E-state index contributed by atoms with van der Waals surface area (Å²) in [6, 6.07) is 58.4. The van der Waals surface area contributed by atoms with E-state index in [9.17, 15) is 0 Å². The van der Waals surface area contributed by atoms with Gasteiger partial charge >= 0.3 is 0 Å². The number of hydrogen-bond acceptors (Lipinski definition) is 3. The molecule has 0 atom stereocenters. The molecule has 0 N–H and O–H groups in total. The molecule has 0 aliphatic carbocycles. The van der Waals surface area contributed by atoms with Crippen molar-refractivity contribution in [3.05, 3.63) is 182 Å². The van der Waals surface area contributed by atoms with Crippen molar-refractivity contribution in [2.45, 2.75) is 6.92 Å². The summed E-state index contributed by atoms with van der Waals surface area (Å²) in [5, 5.41) is 5.83. The number of allylic oxidation sites excluding steroid dienone is 1. The molecule has 2 aromatic heterocycles. The monoisotopic (exact) mass is 677 g/mol. The summed E-state index contributed by atoms with van der Waals surface area (Å²) in [6.07, 6.45) is 5.95. The highest BCUT2D eigenvalue weighted by molar-refractivity contribution is 6.00. The molecule has 7 aromatic carbocycles. The van der Waals surface area contributed by atoms with Crippen molar-refractivity contribution in [3.8, 4) is 55.9 Å². The lowest BCUT2D eigenvalue weighted by Gasteiger charge is -2.16. The van der Waals surface area contributed by atoms with Crippen molar-refractivity contribution in [3.63, 3.8) is 0 Å². The third-order valence-electron chi connectivity index (χ3n) is 10.0. The Bertz CT molecular complexity index is 2770. The van der Waals surface area contributed by atoms with Gasteiger partial charge in [-0.2, -0.15) is 0 Å². The minimum absolute atomic E-state index is 0.850. The highest BCUT2D eigenvalue weighted by Crippen LogP contribution is 2.40. The summed E-state index contributed by atoms with van der Waals surface area (Å²) in [4.78, 5) is 14.5. The van der Waals surface area contributed by atoms with Gasteiger partial charge in [0.15, 0.2) is 0 Å². The zero-order chi connectivity index (χ0) is 35.7. The average Bonchev–Trinajstić information content (AvgIpc) is 3.23. The molecule has 0 saturated carbocycles. The standard InChI is InChI=1S/C50H35N3/c1-3-11-35-21-23-37(29-47(35)51-2)39-26-40(38-24-22-36-16-10-25-52-48(36)30-38)28-41(27-39)42-31-49(45-19-8-14-33-12-4-6-17-43(33)45)53-50(32-42)46-20-9-15-34-13-5-7-18-44(34)46/h3-32H,2H2,1H3/b11-3-. The van der Waals surface area contributed by atoms with Crippen LogP contribution >= 0.6 is 0 Å². The summed E-state index contributed by atoms with van der Waals surface area (Å²) in [5.74, 6) is 0. The number of pyridine rings is 2. The summed E-state index contributed by atoms with van der Waals surface area (Å²) in [7, 11) is 0. The van der Waals surface area contributed by atoms with Crippen LogP contribution in [0.3, 0.4) is 0 Å². The molecular formula is C50H35N3. The summed E-state index contributed by atoms with van der Waals surface area (Å²) in [5.41, 5.74) is 13.5. The summed E-state index contributed by atoms with van der Waals surface area (Å²) >= 11 is 0. The fourth-order valence-electron chi connectivity index (χ4n) is 7.42. The van der Waals surface area contributed by atoms with E-state index in [1.165, 1.54) is 21.5 Å². The van der Waals surface area contributed by atoms with Crippen LogP contribution < -0.4 is 0 Å². The maximum absolute atomic E-state index is 5.41. The van der Waals surface area contributed by atoms with Gasteiger partial charge in [-0.05, 0) is 123 Å². The van der Waals surface area contributed by atoms with Gasteiger partial charge in [-0.3, -0.25) is 9.98 Å². The average molecular weight is 678 g/mol. The molecular weight excluding hydrogens is 643 g/mol. The predicted molar refractivity (Wildman–Crippen MR) is 226 cm³/mol. The van der Waals surface area contributed by atoms with Crippen LogP contribution in [0.15, 0.2) is 181 Å². The van der Waals surface area contributed by atoms with Crippen LogP contribution in [0, 0.1) is 0 Å². The molecule has 0 bridgehead atoms. The third-order valence-corrected chi connectivity index (χ3v) is 10.0. The fraction of sp³-hybridized carbons (Fsp3) is 0.0200. The Hall–Kier alpha value is -6.97. The molecule has 2 heterocycles. The molecule has 3 heteroatoms. The third kappa shape index (κ3) is 6.09. The number of rotatable bonds is 7. The van der Waals surface area contributed by atoms with Gasteiger partial charge in [-0.25, -0.2) is 4.98 Å². The van der Waals surface area contributed by atoms with Gasteiger partial charge < -0.3 is 0 Å². The van der Waals surface area contributed by atoms with Crippen molar-refractivity contribution >= 4 is 50.9 Å². The molecule has 9 aromatic rings. The highest BCUT2D eigenvalue weighted by atomic mass is 14.7. The van der Waals surface area contributed by atoms with Gasteiger partial charge in [-0.1, -0.05) is 127 Å². The number of aliphatic imine (C=N–C) groups is 1. The van der Waals surface area contributed by atoms with Crippen molar-refractivity contribution < 1.29 is 0 Å². The predicted octanol–water partition coefficient (Wildman–Crippen LogP) is 13.6. The topological polar surface area (TPSA) is 38.1 Å². The molecule has 0 aliphatic heterocycles. The van der Waals surface area contributed by atoms with Gasteiger partial charge in [0.1, 0.15) is 0 Å². The van der Waals surface area contributed by atoms with E-state index >= 15 is 0 Å². The van der Waals surface area contributed by atoms with Crippen LogP contribution in [-0.4, -0.2) is 16.7 Å². The number of hydrogen-bond donors (Lipinski definition) is 0. The Balaban J connectivity index is 1.31. The van der Waals surface area contributed by atoms with E-state index in [1.54, 1.807) is 0 Å². The van der Waals surface area contributed by atoms with Crippen LogP contribution in [0.1, 0.15) is 12.5 Å². The fourth-order valence-corrected chi connectivity index (χ4v) is 7.42. The highest BCUT2D eigenvalue weighted by Gasteiger charge is 2.16. The molecule has 250 valence electrons. The van der Waals surface area contributed by atoms with Crippen molar-refractivity contribution in [1.29, 1.82) is 0 Å². The maximum Gasteiger partial charge on any atom is 0.0721 e. The first-order valence-corrected chi connectivity index (χ1v) is 17.9. The van der Waals surface area contributed by atoms with Crippen LogP contribution in [0.5, 0.6) is 0 Å². The Labute approximate surface area is 309 Å². The largest absolute Gasteiger partial charge is 0.264 e. The Kier molecular flexibility index (Phi) is 8.22. The van der Waals surface area contributed by atoms with Gasteiger partial charge in [0, 0.05) is 22.7 Å². The second-order valence-corrected chi connectivity index (χ2v) is 13.3. The Morgan fingerprint density at radius 3 is 1.68 bits per heavy atom. The van der Waals surface area contributed by atoms with Crippen LogP contribution in [0.25, 0.3) is 94.4 Å². The van der Waals surface area contributed by atoms with Gasteiger partial charge in [0.25, 0.3) is 0 Å². The van der Waals surface area contributed by atoms with Crippen LogP contribution in [0.4, 0.5) is 5.69 Å². The lowest BCUT2D eigenvalue weighted by atomic mass is 9.91. The summed E-state index contributed by atoms with van der Waals surface area (Å²) < 4.78 is 0. The SMILES string of the molecule is C=Nc1cc(-c2cc(-c3cc(-c4cccc5ccccc45)nc(-c4cccc5ccccc45)c3)cc(-c3ccc4cccnc4c3)c2)ccc1/C=C\C. The molecule has 9 rings (SSSR count). The van der Waals surface area contributed by atoms with E-state index in [1.807, 2.05) is 25.3 Å². The van der Waals surface area contributed by atoms with Gasteiger partial charge in [0.05, 0.1) is 22.6 Å². The lowest BCUT2D eigenvalue weighted by molar-refractivity contribution is 1.33. The zero-order valence-corrected chi connectivity index (χ0v) is 29.4. The zero-order valence-electron chi connectivity index (χ0n) is 29.4. The lowest BCUT2D eigenvalue weighted by Crippen LogP contribution is -1.94. The van der Waals surface area contributed by atoms with Crippen LogP contribution in [-0.2, 0) is 0 Å². The first-order chi connectivity index (χ1) is 26.1. The first-order valence-electron chi connectivity index (χ1n) is 17.9. The van der Waals surface area contributed by atoms with Crippen molar-refractivity contribution in [2.24, 2.45) is 4.99 Å². The number of benzene rings is 7. The Morgan fingerprint density at radius 1 is 0.491 bits per heavy atom. The van der Waals surface area contributed by atoms with E-state index in [0.717, 1.165) is 78.0 Å². The van der Waals surface area contributed by atoms with Crippen LogP contribution in [0.2, 0.25) is 0 Å². The van der Waals surface area contributed by atoms with E-state index < -0.39 is 0 Å². The van der Waals surface area contributed by atoms with E-state index in [2.05, 4.69) is 180 Å². The van der Waals surface area contributed by atoms with Crippen molar-refractivity contribution in [2.75, 3.05) is 0 Å². The van der Waals surface area contributed by atoms with E-state index in [4.69, 9.17) is 4.98 Å². The van der Waals surface area contributed by atoms with E-state index in [-0.39, 0.29) is 0 Å². The molecule has 0 aliphatic rings. The van der Waals surface area contributed by atoms with Crippen molar-refractivity contribution in [1.82, 2.24) is 9.97 Å². The van der Waals surface area contributed by atoms with Gasteiger partial charge in [-0.15, -0.1) is 0 Å². The number of aromatic nitrogens is 2. The first kappa shape index (κ1) is 32.0. The number of nitrogens with zero attached hydrogens (tertiary/aromatic N) is 3. The minimum atomic E-state index is 0.850. The summed E-state index contributed by atoms with van der Waals surface area (Å²) in [6.45, 7) is 5.91. The Morgan fingerprint density at radius 2 is 1.04 bits per heavy atom. The van der Waals surface area contributed by atoms with Gasteiger partial charge in [0.2, 0.25) is 0 Å². The quantitative estimate of drug-likeness (QED) is 0.157. The smallest absolute Gasteiger partial charge is 0.0721 e. The second-order valence-electron chi connectivity index (χ2n) is 13.3. The number of fused-ring (bicyclic) bond motifs is 3. The molecule has 3 nitrogen and oxygen atoms in total. The molecule has 0 fully saturated rings. The normalized spacial score (nSPS) is 11.5. The molecule has 0 amide bonds.